The van der Waals surface area contributed by atoms with Gasteiger partial charge in [0, 0.05) is 37.5 Å². The third-order valence-corrected chi connectivity index (χ3v) is 6.21. The zero-order valence-electron chi connectivity index (χ0n) is 18.9. The average molecular weight is 526 g/mol. The molecule has 1 amide bonds. The van der Waals surface area contributed by atoms with Crippen LogP contribution in [0.3, 0.4) is 0 Å². The van der Waals surface area contributed by atoms with Gasteiger partial charge < -0.3 is 23.5 Å². The number of aromatic nitrogens is 3. The predicted molar refractivity (Wildman–Crippen MR) is 118 cm³/mol. The van der Waals surface area contributed by atoms with Crippen molar-refractivity contribution >= 4 is 16.0 Å². The molecule has 192 valence electrons. The second-order valence-electron chi connectivity index (χ2n) is 7.93. The van der Waals surface area contributed by atoms with Gasteiger partial charge in [-0.1, -0.05) is 6.07 Å². The lowest BCUT2D eigenvalue weighted by atomic mass is 10.0. The highest BCUT2D eigenvalue weighted by atomic mass is 32.2. The predicted octanol–water partition coefficient (Wildman–Crippen LogP) is 2.65. The summed E-state index contributed by atoms with van der Waals surface area (Å²) in [5.74, 6) is -0.0575. The fourth-order valence-electron chi connectivity index (χ4n) is 3.37. The molecule has 14 heteroatoms. The molecule has 0 radical (unpaired) electrons. The summed E-state index contributed by atoms with van der Waals surface area (Å²) in [5, 5.41) is 2.52. The second-order valence-corrected chi connectivity index (χ2v) is 9.43. The first-order chi connectivity index (χ1) is 17.0. The first kappa shape index (κ1) is 25.3. The molecule has 1 unspecified atom stereocenters. The molecule has 1 aliphatic rings. The standard InChI is InChI=1S/C22H21F3N4O6S/c1-29-11-20(27-13-29)36(31,32)35-18-4-2-3-17-16(18)9-15(12-34-17)28-21(30)14-5-6-19(26-10-14)33-8-7-22(23,24)25/h2-6,10-11,13,15H,7-9,12H2,1H3,(H,28,30). The number of imidazole rings is 1. The Labute approximate surface area is 204 Å². The molecule has 4 rings (SSSR count). The van der Waals surface area contributed by atoms with E-state index in [9.17, 15) is 26.4 Å². The summed E-state index contributed by atoms with van der Waals surface area (Å²) in [4.78, 5) is 20.3. The van der Waals surface area contributed by atoms with E-state index in [0.717, 1.165) is 0 Å². The SMILES string of the molecule is Cn1cnc(S(=O)(=O)Oc2cccc3c2CC(NC(=O)c2ccc(OCCC(F)(F)F)nc2)CO3)c1. The molecule has 1 aliphatic heterocycles. The van der Waals surface area contributed by atoms with Gasteiger partial charge in [-0.2, -0.15) is 21.6 Å². The normalized spacial score (nSPS) is 15.5. The van der Waals surface area contributed by atoms with Crippen molar-refractivity contribution < 1.29 is 40.0 Å². The number of fused-ring (bicyclic) bond motifs is 1. The number of benzene rings is 1. The molecule has 36 heavy (non-hydrogen) atoms. The molecule has 0 spiro atoms. The van der Waals surface area contributed by atoms with Crippen LogP contribution < -0.4 is 19.0 Å². The summed E-state index contributed by atoms with van der Waals surface area (Å²) in [6, 6.07) is 6.88. The number of aryl methyl sites for hydroxylation is 1. The molecule has 1 aromatic carbocycles. The van der Waals surface area contributed by atoms with Gasteiger partial charge in [-0.3, -0.25) is 4.79 Å². The maximum absolute atomic E-state index is 12.6. The van der Waals surface area contributed by atoms with Crippen LogP contribution in [0.2, 0.25) is 0 Å². The number of halogens is 3. The maximum Gasteiger partial charge on any atom is 0.392 e. The minimum Gasteiger partial charge on any atom is -0.491 e. The minimum absolute atomic E-state index is 0.0402. The highest BCUT2D eigenvalue weighted by molar-refractivity contribution is 7.87. The van der Waals surface area contributed by atoms with Crippen LogP contribution in [0, 0.1) is 0 Å². The van der Waals surface area contributed by atoms with Crippen molar-refractivity contribution in [3.63, 3.8) is 0 Å². The number of amides is 1. The lowest BCUT2D eigenvalue weighted by Gasteiger charge is -2.27. The summed E-state index contributed by atoms with van der Waals surface area (Å²) in [7, 11) is -2.56. The third kappa shape index (κ3) is 6.24. The first-order valence-corrected chi connectivity index (χ1v) is 12.0. The molecule has 2 aromatic heterocycles. The topological polar surface area (TPSA) is 122 Å². The molecule has 0 fully saturated rings. The van der Waals surface area contributed by atoms with Crippen LogP contribution >= 0.6 is 0 Å². The van der Waals surface area contributed by atoms with Gasteiger partial charge in [-0.25, -0.2) is 9.97 Å². The molecule has 3 aromatic rings. The van der Waals surface area contributed by atoms with Gasteiger partial charge in [0.2, 0.25) is 10.9 Å². The Balaban J connectivity index is 1.40. The van der Waals surface area contributed by atoms with Gasteiger partial charge >= 0.3 is 16.3 Å². The van der Waals surface area contributed by atoms with E-state index < -0.39 is 41.3 Å². The Kier molecular flexibility index (Phi) is 7.06. The first-order valence-electron chi connectivity index (χ1n) is 10.6. The average Bonchev–Trinajstić information content (AvgIpc) is 3.26. The van der Waals surface area contributed by atoms with E-state index in [1.54, 1.807) is 19.2 Å². The summed E-state index contributed by atoms with van der Waals surface area (Å²) in [6.45, 7) is -0.456. The van der Waals surface area contributed by atoms with E-state index >= 15 is 0 Å². The number of nitrogens with one attached hydrogen (secondary N) is 1. The van der Waals surface area contributed by atoms with E-state index in [-0.39, 0.29) is 35.2 Å². The highest BCUT2D eigenvalue weighted by Gasteiger charge is 2.29. The van der Waals surface area contributed by atoms with Crippen LogP contribution in [0.4, 0.5) is 13.2 Å². The smallest absolute Gasteiger partial charge is 0.392 e. The zero-order valence-corrected chi connectivity index (χ0v) is 19.7. The maximum atomic E-state index is 12.6. The Hall–Kier alpha value is -3.81. The van der Waals surface area contributed by atoms with E-state index in [2.05, 4.69) is 15.3 Å². The largest absolute Gasteiger partial charge is 0.491 e. The third-order valence-electron chi connectivity index (χ3n) is 5.09. The van der Waals surface area contributed by atoms with E-state index in [0.29, 0.717) is 11.3 Å². The van der Waals surface area contributed by atoms with Crippen LogP contribution in [0.15, 0.2) is 54.1 Å². The summed E-state index contributed by atoms with van der Waals surface area (Å²) in [6.07, 6.45) is -1.40. The van der Waals surface area contributed by atoms with Crippen molar-refractivity contribution in [2.75, 3.05) is 13.2 Å². The number of pyridine rings is 1. The number of nitrogens with zero attached hydrogens (tertiary/aromatic N) is 3. The molecule has 10 nitrogen and oxygen atoms in total. The van der Waals surface area contributed by atoms with E-state index in [4.69, 9.17) is 13.7 Å². The van der Waals surface area contributed by atoms with Crippen LogP contribution in [-0.4, -0.2) is 54.3 Å². The number of ether oxygens (including phenoxy) is 2. The fourth-order valence-corrected chi connectivity index (χ4v) is 4.32. The van der Waals surface area contributed by atoms with Gasteiger partial charge in [0.15, 0.2) is 0 Å². The van der Waals surface area contributed by atoms with Crippen LogP contribution in [0.1, 0.15) is 22.3 Å². The van der Waals surface area contributed by atoms with Gasteiger partial charge in [0.05, 0.1) is 31.0 Å². The zero-order chi connectivity index (χ0) is 25.9. The number of alkyl halides is 3. The summed E-state index contributed by atoms with van der Waals surface area (Å²) >= 11 is 0. The van der Waals surface area contributed by atoms with Gasteiger partial charge in [0.1, 0.15) is 18.1 Å². The van der Waals surface area contributed by atoms with Gasteiger partial charge in [0.25, 0.3) is 5.91 Å². The van der Waals surface area contributed by atoms with Gasteiger partial charge in [-0.05, 0) is 18.2 Å². The van der Waals surface area contributed by atoms with Gasteiger partial charge in [-0.15, -0.1) is 0 Å². The minimum atomic E-state index is -4.34. The van der Waals surface area contributed by atoms with Crippen LogP contribution in [0.5, 0.6) is 17.4 Å². The van der Waals surface area contributed by atoms with Crippen molar-refractivity contribution in [1.82, 2.24) is 19.9 Å². The molecule has 1 atom stereocenters. The molecule has 1 N–H and O–H groups in total. The Morgan fingerprint density at radius 2 is 2.06 bits per heavy atom. The van der Waals surface area contributed by atoms with Crippen molar-refractivity contribution in [2.24, 2.45) is 7.05 Å². The van der Waals surface area contributed by atoms with Crippen molar-refractivity contribution in [3.8, 4) is 17.4 Å². The molecule has 3 heterocycles. The van der Waals surface area contributed by atoms with E-state index in [1.165, 1.54) is 41.5 Å². The lowest BCUT2D eigenvalue weighted by Crippen LogP contribution is -2.42. The molecule has 0 bridgehead atoms. The van der Waals surface area contributed by atoms with Crippen molar-refractivity contribution in [2.45, 2.75) is 30.1 Å². The quantitative estimate of drug-likeness (QED) is 0.445. The number of hydrogen-bond donors (Lipinski definition) is 1. The number of carbonyl (C=O) groups is 1. The molecule has 0 saturated carbocycles. The van der Waals surface area contributed by atoms with E-state index in [1.807, 2.05) is 0 Å². The number of carbonyl (C=O) groups excluding carboxylic acids is 1. The van der Waals surface area contributed by atoms with Crippen LogP contribution in [0.25, 0.3) is 0 Å². The Bertz CT molecular complexity index is 1340. The summed E-state index contributed by atoms with van der Waals surface area (Å²) < 4.78 is 79.3. The molecular weight excluding hydrogens is 505 g/mol. The molecule has 0 aliphatic carbocycles. The van der Waals surface area contributed by atoms with Crippen LogP contribution in [-0.2, 0) is 23.6 Å². The fraction of sp³-hybridized carbons (Fsp3) is 0.318. The molecular formula is C22H21F3N4O6S. The number of rotatable bonds is 8. The van der Waals surface area contributed by atoms with Crippen molar-refractivity contribution in [3.05, 3.63) is 60.2 Å². The molecule has 0 saturated heterocycles. The lowest BCUT2D eigenvalue weighted by molar-refractivity contribution is -0.139. The summed E-state index contributed by atoms with van der Waals surface area (Å²) in [5.41, 5.74) is 0.617. The van der Waals surface area contributed by atoms with Crippen molar-refractivity contribution in [1.29, 1.82) is 0 Å². The monoisotopic (exact) mass is 526 g/mol. The number of hydrogen-bond acceptors (Lipinski definition) is 8. The highest BCUT2D eigenvalue weighted by Crippen LogP contribution is 2.34. The Morgan fingerprint density at radius 3 is 2.72 bits per heavy atom. The Morgan fingerprint density at radius 1 is 1.25 bits per heavy atom. The second kappa shape index (κ2) is 10.0.